The summed E-state index contributed by atoms with van der Waals surface area (Å²) in [5.41, 5.74) is 8.81. The summed E-state index contributed by atoms with van der Waals surface area (Å²) in [4.78, 5) is 28.8. The molecule has 1 amide bonds. The van der Waals surface area contributed by atoms with Gasteiger partial charge in [0.1, 0.15) is 5.69 Å². The number of nitrogens with two attached hydrogens (primary N) is 2. The van der Waals surface area contributed by atoms with Crippen LogP contribution in [0.15, 0.2) is 23.2 Å². The topological polar surface area (TPSA) is 142 Å². The molecule has 0 saturated carbocycles. The second kappa shape index (κ2) is 7.89. The highest BCUT2D eigenvalue weighted by Crippen LogP contribution is 2.41. The van der Waals surface area contributed by atoms with Crippen molar-refractivity contribution in [3.63, 3.8) is 0 Å². The molecule has 14 heteroatoms. The lowest BCUT2D eigenvalue weighted by atomic mass is 10.1. The minimum atomic E-state index is -4.80. The Morgan fingerprint density at radius 2 is 1.89 bits per heavy atom. The van der Waals surface area contributed by atoms with E-state index in [1.54, 1.807) is 0 Å². The second-order valence-corrected chi connectivity index (χ2v) is 7.05. The third-order valence-electron chi connectivity index (χ3n) is 3.16. The number of carbonyl (C=O) groups is 1. The van der Waals surface area contributed by atoms with Gasteiger partial charge < -0.3 is 25.8 Å². The van der Waals surface area contributed by atoms with Crippen LogP contribution in [-0.4, -0.2) is 28.0 Å². The molecule has 150 valence electrons. The van der Waals surface area contributed by atoms with E-state index in [0.717, 1.165) is 23.4 Å². The van der Waals surface area contributed by atoms with Crippen molar-refractivity contribution in [3.05, 3.63) is 29.5 Å². The summed E-state index contributed by atoms with van der Waals surface area (Å²) in [5, 5.41) is -0.315. The largest absolute Gasteiger partial charge is 0.417 e. The number of carbonyl (C=O) groups excluding carboxylic acids is 1. The first kappa shape index (κ1) is 23.0. The molecule has 0 aliphatic carbocycles. The minimum absolute atomic E-state index is 0. The molecule has 2 rings (SSSR count). The van der Waals surface area contributed by atoms with Gasteiger partial charge in [-0.3, -0.25) is 9.36 Å². The Morgan fingerprint density at radius 1 is 1.30 bits per heavy atom. The lowest BCUT2D eigenvalue weighted by molar-refractivity contribution is -0.137. The van der Waals surface area contributed by atoms with Gasteiger partial charge in [-0.15, -0.1) is 21.7 Å². The number of benzene rings is 1. The van der Waals surface area contributed by atoms with Gasteiger partial charge in [0.2, 0.25) is 0 Å². The number of aromatic nitrogens is 1. The van der Waals surface area contributed by atoms with E-state index >= 15 is 0 Å². The van der Waals surface area contributed by atoms with E-state index in [1.807, 2.05) is 0 Å². The number of hydrogen-bond donors (Lipinski definition) is 3. The van der Waals surface area contributed by atoms with Crippen molar-refractivity contribution < 1.29 is 37.0 Å². The highest BCUT2D eigenvalue weighted by atomic mass is 79.9. The lowest BCUT2D eigenvalue weighted by Crippen LogP contribution is -2.24. The Morgan fingerprint density at radius 3 is 2.37 bits per heavy atom. The molecular weight excluding hydrogens is 460 g/mol. The minimum Gasteiger partial charge on any atom is -0.370 e. The molecule has 1 heterocycles. The normalized spacial score (nSPS) is 13.6. The number of amides is 1. The van der Waals surface area contributed by atoms with Gasteiger partial charge in [-0.1, -0.05) is 0 Å². The van der Waals surface area contributed by atoms with E-state index in [2.05, 4.69) is 14.6 Å². The molecule has 27 heavy (non-hydrogen) atoms. The summed E-state index contributed by atoms with van der Waals surface area (Å²) in [6.45, 7) is 0.796. The number of alkyl halides is 3. The average Bonchev–Trinajstić information content (AvgIpc) is 2.79. The zero-order valence-electron chi connectivity index (χ0n) is 13.9. The molecule has 0 bridgehead atoms. The fourth-order valence-corrected chi connectivity index (χ4v) is 2.40. The summed E-state index contributed by atoms with van der Waals surface area (Å²) >= 11 is 0. The van der Waals surface area contributed by atoms with E-state index in [-0.39, 0.29) is 33.6 Å². The first-order valence-electron chi connectivity index (χ1n) is 6.81. The maximum atomic E-state index is 13.4. The van der Waals surface area contributed by atoms with E-state index in [4.69, 9.17) is 16.4 Å². The molecule has 1 atom stereocenters. The maximum absolute atomic E-state index is 13.4. The molecule has 9 nitrogen and oxygen atoms in total. The van der Waals surface area contributed by atoms with E-state index < -0.39 is 37.0 Å². The number of halogens is 4. The van der Waals surface area contributed by atoms with E-state index in [9.17, 15) is 22.5 Å². The van der Waals surface area contributed by atoms with Crippen LogP contribution in [0.25, 0.3) is 10.9 Å². The zero-order chi connectivity index (χ0) is 19.9. The highest BCUT2D eigenvalue weighted by molar-refractivity contribution is 8.93. The van der Waals surface area contributed by atoms with Crippen LogP contribution in [0.4, 0.5) is 13.2 Å². The lowest BCUT2D eigenvalue weighted by Gasteiger charge is -2.12. The summed E-state index contributed by atoms with van der Waals surface area (Å²) < 4.78 is 56.5. The van der Waals surface area contributed by atoms with Crippen molar-refractivity contribution >= 4 is 47.3 Å². The second-order valence-electron chi connectivity index (χ2n) is 5.29. The summed E-state index contributed by atoms with van der Waals surface area (Å²) in [7, 11) is -2.78. The standard InChI is InChI=1S/C13H14F3N4O5P.BrH/c1-20-9-4-6(24-25-26(2,22)23)3-8(13(14,15)16)7(9)5-10(20)11(21)19-12(17)18;/h3-5H,1-2H3,(H,22,23)(H4,17,18,19,21);1H. The zero-order valence-corrected chi connectivity index (χ0v) is 16.5. The van der Waals surface area contributed by atoms with Gasteiger partial charge in [0.15, 0.2) is 11.7 Å². The molecule has 0 spiro atoms. The molecule has 1 aromatic carbocycles. The molecule has 2 aromatic rings. The van der Waals surface area contributed by atoms with Crippen LogP contribution in [0.1, 0.15) is 16.1 Å². The van der Waals surface area contributed by atoms with Gasteiger partial charge in [0.25, 0.3) is 5.91 Å². The van der Waals surface area contributed by atoms with Crippen molar-refractivity contribution in [2.24, 2.45) is 23.5 Å². The molecule has 0 radical (unpaired) electrons. The number of rotatable bonds is 4. The molecule has 0 fully saturated rings. The van der Waals surface area contributed by atoms with E-state index in [1.165, 1.54) is 7.05 Å². The van der Waals surface area contributed by atoms with Crippen LogP contribution in [0.3, 0.4) is 0 Å². The number of aliphatic imine (C=N–C) groups is 1. The van der Waals surface area contributed by atoms with Crippen LogP contribution < -0.4 is 16.4 Å². The van der Waals surface area contributed by atoms with Gasteiger partial charge in [0.05, 0.1) is 11.1 Å². The number of aryl methyl sites for hydroxylation is 1. The van der Waals surface area contributed by atoms with Gasteiger partial charge in [0, 0.05) is 25.2 Å². The Hall–Kier alpha value is -2.08. The fraction of sp³-hybridized carbons (Fsp3) is 0.231. The number of guanidine groups is 1. The molecular formula is C13H15BrF3N4O5P. The van der Waals surface area contributed by atoms with Crippen molar-refractivity contribution in [1.82, 2.24) is 4.57 Å². The number of fused-ring (bicyclic) bond motifs is 1. The average molecular weight is 475 g/mol. The summed E-state index contributed by atoms with van der Waals surface area (Å²) in [6, 6.07) is 2.66. The maximum Gasteiger partial charge on any atom is 0.417 e. The predicted molar refractivity (Wildman–Crippen MR) is 95.8 cm³/mol. The quantitative estimate of drug-likeness (QED) is 0.203. The van der Waals surface area contributed by atoms with Crippen molar-refractivity contribution in [1.29, 1.82) is 0 Å². The van der Waals surface area contributed by atoms with Crippen molar-refractivity contribution in [2.45, 2.75) is 6.18 Å². The van der Waals surface area contributed by atoms with Crippen LogP contribution in [0.5, 0.6) is 5.75 Å². The Kier molecular flexibility index (Phi) is 6.71. The fourth-order valence-electron chi connectivity index (χ4n) is 2.18. The van der Waals surface area contributed by atoms with Crippen LogP contribution in [0.2, 0.25) is 0 Å². The SMILES string of the molecule is Br.Cn1c(C(=O)N=C(N)N)cc2c(C(F)(F)F)cc(OOP(C)(=O)O)cc21. The summed E-state index contributed by atoms with van der Waals surface area (Å²) in [6.07, 6.45) is -4.80. The van der Waals surface area contributed by atoms with Gasteiger partial charge >= 0.3 is 13.8 Å². The third kappa shape index (κ3) is 5.45. The predicted octanol–water partition coefficient (Wildman–Crippen LogP) is 2.31. The van der Waals surface area contributed by atoms with Gasteiger partial charge in [-0.25, -0.2) is 0 Å². The first-order valence-corrected chi connectivity index (χ1v) is 8.83. The summed E-state index contributed by atoms with van der Waals surface area (Å²) in [5.74, 6) is -1.97. The van der Waals surface area contributed by atoms with Crippen LogP contribution in [-0.2, 0) is 22.5 Å². The molecule has 1 aromatic heterocycles. The monoisotopic (exact) mass is 474 g/mol. The van der Waals surface area contributed by atoms with Crippen molar-refractivity contribution in [2.75, 3.05) is 6.66 Å². The molecule has 0 aliphatic rings. The van der Waals surface area contributed by atoms with Crippen LogP contribution >= 0.6 is 24.6 Å². The van der Waals surface area contributed by atoms with Gasteiger partial charge in [-0.05, 0) is 12.1 Å². The Balaban J connectivity index is 0.00000364. The Labute approximate surface area is 161 Å². The van der Waals surface area contributed by atoms with E-state index in [0.29, 0.717) is 6.07 Å². The molecule has 5 N–H and O–H groups in total. The molecule has 0 saturated heterocycles. The number of hydrogen-bond acceptors (Lipinski definition) is 4. The Bertz CT molecular complexity index is 950. The smallest absolute Gasteiger partial charge is 0.370 e. The first-order chi connectivity index (χ1) is 11.8. The number of nitrogens with zero attached hydrogens (tertiary/aromatic N) is 2. The molecule has 1 unspecified atom stereocenters. The molecule has 0 aliphatic heterocycles. The third-order valence-corrected chi connectivity index (χ3v) is 3.51. The highest BCUT2D eigenvalue weighted by Gasteiger charge is 2.35. The van der Waals surface area contributed by atoms with Crippen molar-refractivity contribution in [3.8, 4) is 5.75 Å². The van der Waals surface area contributed by atoms with Crippen LogP contribution in [0, 0.1) is 0 Å². The van der Waals surface area contributed by atoms with Gasteiger partial charge in [-0.2, -0.15) is 18.2 Å².